The van der Waals surface area contributed by atoms with Crippen LogP contribution in [0, 0.1) is 10.8 Å². The van der Waals surface area contributed by atoms with E-state index < -0.39 is 46.9 Å². The highest BCUT2D eigenvalue weighted by atomic mass is 16.6. The fraction of sp³-hybridized carbons (Fsp3) is 0.533. The summed E-state index contributed by atoms with van der Waals surface area (Å²) in [5.74, 6) is -2.67. The van der Waals surface area contributed by atoms with E-state index in [9.17, 15) is 28.8 Å². The molecule has 0 saturated carbocycles. The Labute approximate surface area is 262 Å². The number of hydrogen-bond acceptors (Lipinski definition) is 13. The van der Waals surface area contributed by atoms with Gasteiger partial charge in [-0.3, -0.25) is 0 Å². The zero-order valence-electron chi connectivity index (χ0n) is 25.9. The Bertz CT molecular complexity index is 965. The van der Waals surface area contributed by atoms with Crippen LogP contribution >= 0.6 is 0 Å². The van der Waals surface area contributed by atoms with Crippen LogP contribution < -0.4 is 10.6 Å². The fourth-order valence-electron chi connectivity index (χ4n) is 3.18. The molecule has 15 heteroatoms. The van der Waals surface area contributed by atoms with Crippen molar-refractivity contribution in [3.8, 4) is 0 Å². The predicted octanol–water partition coefficient (Wildman–Crippen LogP) is 2.17. The van der Waals surface area contributed by atoms with Gasteiger partial charge in [-0.1, -0.05) is 40.2 Å². The van der Waals surface area contributed by atoms with Crippen LogP contribution in [0.2, 0.25) is 0 Å². The van der Waals surface area contributed by atoms with Gasteiger partial charge in [-0.05, 0) is 12.8 Å². The molecule has 0 aliphatic carbocycles. The summed E-state index contributed by atoms with van der Waals surface area (Å²) >= 11 is 0. The molecule has 0 bridgehead atoms. The van der Waals surface area contributed by atoms with Crippen LogP contribution in [0.4, 0.5) is 9.59 Å². The van der Waals surface area contributed by atoms with E-state index in [4.69, 9.17) is 33.2 Å². The Balaban J connectivity index is 5.49. The number of carbonyl (C=O) groups is 6. The van der Waals surface area contributed by atoms with Crippen molar-refractivity contribution in [2.45, 2.75) is 26.7 Å². The average Bonchev–Trinajstić information content (AvgIpc) is 3.06. The van der Waals surface area contributed by atoms with E-state index in [1.54, 1.807) is 13.8 Å². The van der Waals surface area contributed by atoms with Gasteiger partial charge in [0.15, 0.2) is 0 Å². The first kappa shape index (κ1) is 40.3. The van der Waals surface area contributed by atoms with E-state index in [1.807, 2.05) is 0 Å². The normalized spacial score (nSPS) is 12.8. The average molecular weight is 641 g/mol. The quantitative estimate of drug-likeness (QED) is 0.0676. The number of alkyl carbamates (subject to hydrolysis) is 2. The zero-order valence-corrected chi connectivity index (χ0v) is 25.9. The Morgan fingerprint density at radius 2 is 0.822 bits per heavy atom. The first-order chi connectivity index (χ1) is 21.4. The summed E-state index contributed by atoms with van der Waals surface area (Å²) in [7, 11) is 0. The van der Waals surface area contributed by atoms with Crippen LogP contribution in [-0.2, 0) is 52.3 Å². The van der Waals surface area contributed by atoms with E-state index in [1.165, 1.54) is 0 Å². The third kappa shape index (κ3) is 17.9. The van der Waals surface area contributed by atoms with Crippen molar-refractivity contribution in [1.29, 1.82) is 0 Å². The monoisotopic (exact) mass is 640 g/mol. The summed E-state index contributed by atoms with van der Waals surface area (Å²) in [6, 6.07) is 0. The number of rotatable bonds is 24. The second kappa shape index (κ2) is 22.8. The SMILES string of the molecule is C=CC(=O)OCCNC(=O)OCC(CC)(COCC(CC)(COC(=O)C=C)COC(=O)NCCOC(=O)C=C)COC(=O)C=C. The lowest BCUT2D eigenvalue weighted by Gasteiger charge is -2.35. The van der Waals surface area contributed by atoms with Crippen molar-refractivity contribution in [1.82, 2.24) is 10.6 Å². The lowest BCUT2D eigenvalue weighted by molar-refractivity contribution is -0.149. The largest absolute Gasteiger partial charge is 0.462 e. The van der Waals surface area contributed by atoms with E-state index in [0.717, 1.165) is 24.3 Å². The molecule has 0 spiro atoms. The van der Waals surface area contributed by atoms with Crippen molar-refractivity contribution in [2.24, 2.45) is 10.8 Å². The molecule has 2 N–H and O–H groups in total. The van der Waals surface area contributed by atoms with Crippen molar-refractivity contribution in [3.63, 3.8) is 0 Å². The van der Waals surface area contributed by atoms with Gasteiger partial charge in [-0.15, -0.1) is 0 Å². The molecule has 2 amide bonds. The summed E-state index contributed by atoms with van der Waals surface area (Å²) in [4.78, 5) is 70.4. The van der Waals surface area contributed by atoms with Crippen LogP contribution in [0.3, 0.4) is 0 Å². The smallest absolute Gasteiger partial charge is 0.407 e. The molecule has 45 heavy (non-hydrogen) atoms. The van der Waals surface area contributed by atoms with Crippen molar-refractivity contribution in [3.05, 3.63) is 50.6 Å². The first-order valence-electron chi connectivity index (χ1n) is 14.0. The van der Waals surface area contributed by atoms with Crippen LogP contribution in [0.5, 0.6) is 0 Å². The zero-order chi connectivity index (χ0) is 34.1. The maximum atomic E-state index is 12.3. The minimum absolute atomic E-state index is 0.0184. The lowest BCUT2D eigenvalue weighted by atomic mass is 9.86. The molecule has 0 aliphatic rings. The fourth-order valence-corrected chi connectivity index (χ4v) is 3.18. The summed E-state index contributed by atoms with van der Waals surface area (Å²) < 4.78 is 36.8. The summed E-state index contributed by atoms with van der Waals surface area (Å²) in [6.07, 6.45) is 3.00. The maximum Gasteiger partial charge on any atom is 0.407 e. The molecule has 252 valence electrons. The van der Waals surface area contributed by atoms with Gasteiger partial charge in [0.1, 0.15) is 39.6 Å². The molecule has 0 heterocycles. The predicted molar refractivity (Wildman–Crippen MR) is 160 cm³/mol. The highest BCUT2D eigenvalue weighted by Crippen LogP contribution is 2.28. The number of hydrogen-bond donors (Lipinski definition) is 2. The van der Waals surface area contributed by atoms with Gasteiger partial charge >= 0.3 is 36.1 Å². The van der Waals surface area contributed by atoms with Gasteiger partial charge in [-0.2, -0.15) is 0 Å². The van der Waals surface area contributed by atoms with Gasteiger partial charge < -0.3 is 43.8 Å². The maximum absolute atomic E-state index is 12.3. The van der Waals surface area contributed by atoms with E-state index in [2.05, 4.69) is 36.9 Å². The number of carbonyl (C=O) groups excluding carboxylic acids is 6. The molecule has 2 unspecified atom stereocenters. The van der Waals surface area contributed by atoms with Gasteiger partial charge in [0.2, 0.25) is 0 Å². The molecule has 0 rings (SSSR count). The highest BCUT2D eigenvalue weighted by Gasteiger charge is 2.37. The number of ether oxygens (including phenoxy) is 7. The van der Waals surface area contributed by atoms with E-state index in [-0.39, 0.29) is 65.9 Å². The van der Waals surface area contributed by atoms with Crippen molar-refractivity contribution < 1.29 is 61.9 Å². The Morgan fingerprint density at radius 3 is 1.13 bits per heavy atom. The third-order valence-corrected chi connectivity index (χ3v) is 6.27. The number of nitrogens with one attached hydrogen (secondary N) is 2. The van der Waals surface area contributed by atoms with E-state index >= 15 is 0 Å². The minimum atomic E-state index is -1.01. The Kier molecular flexibility index (Phi) is 20.5. The van der Waals surface area contributed by atoms with Crippen LogP contribution in [0.25, 0.3) is 0 Å². The van der Waals surface area contributed by atoms with Crippen LogP contribution in [0.1, 0.15) is 26.7 Å². The molecule has 0 aromatic carbocycles. The molecular formula is C30H44N2O13. The van der Waals surface area contributed by atoms with Crippen molar-refractivity contribution >= 4 is 36.1 Å². The van der Waals surface area contributed by atoms with Gasteiger partial charge in [0, 0.05) is 24.3 Å². The molecule has 15 nitrogen and oxygen atoms in total. The molecule has 0 saturated heterocycles. The van der Waals surface area contributed by atoms with Crippen LogP contribution in [0.15, 0.2) is 50.6 Å². The van der Waals surface area contributed by atoms with Gasteiger partial charge in [0.25, 0.3) is 0 Å². The molecule has 0 aromatic rings. The second-order valence-corrected chi connectivity index (χ2v) is 9.57. The summed E-state index contributed by atoms with van der Waals surface area (Å²) in [5, 5.41) is 4.87. The van der Waals surface area contributed by atoms with Gasteiger partial charge in [0.05, 0.1) is 37.1 Å². The molecule has 0 fully saturated rings. The molecule has 2 atom stereocenters. The summed E-state index contributed by atoms with van der Waals surface area (Å²) in [6.45, 7) is 15.6. The number of esters is 4. The Morgan fingerprint density at radius 1 is 0.511 bits per heavy atom. The Hall–Kier alpha value is -4.66. The second-order valence-electron chi connectivity index (χ2n) is 9.57. The molecular weight excluding hydrogens is 596 g/mol. The standard InChI is InChI=1S/C30H44N2O13/c1-7-23(33)40-15-13-31-27(37)44-21-29(11-5,19-42-25(35)9-3)17-39-18-30(12-6,20-43-26(36)10-4)22-45-28(38)32-14-16-41-24(34)8-2/h7-10H,1-4,11-22H2,5-6H3,(H,31,37)(H,32,38). The molecule has 0 aromatic heterocycles. The first-order valence-corrected chi connectivity index (χ1v) is 14.0. The minimum Gasteiger partial charge on any atom is -0.462 e. The lowest BCUT2D eigenvalue weighted by Crippen LogP contribution is -2.43. The van der Waals surface area contributed by atoms with Gasteiger partial charge in [-0.25, -0.2) is 28.8 Å². The molecule has 0 radical (unpaired) electrons. The van der Waals surface area contributed by atoms with Crippen molar-refractivity contribution in [2.75, 3.05) is 65.9 Å². The highest BCUT2D eigenvalue weighted by molar-refractivity contribution is 5.82. The topological polar surface area (TPSA) is 191 Å². The number of amides is 2. The summed E-state index contributed by atoms with van der Waals surface area (Å²) in [5.41, 5.74) is -2.02. The van der Waals surface area contributed by atoms with E-state index in [0.29, 0.717) is 12.8 Å². The van der Waals surface area contributed by atoms with Crippen LogP contribution in [-0.4, -0.2) is 102 Å². The third-order valence-electron chi connectivity index (χ3n) is 6.27. The molecule has 0 aliphatic heterocycles.